The lowest BCUT2D eigenvalue weighted by Crippen LogP contribution is -2.29. The normalized spacial score (nSPS) is 13.9. The molecule has 0 aromatic heterocycles. The highest BCUT2D eigenvalue weighted by molar-refractivity contribution is 4.90. The van der Waals surface area contributed by atoms with E-state index in [1.54, 1.807) is 0 Å². The third kappa shape index (κ3) is 7.61. The number of rotatable bonds is 9. The van der Waals surface area contributed by atoms with Gasteiger partial charge in [0.1, 0.15) is 0 Å². The van der Waals surface area contributed by atoms with Gasteiger partial charge in [-0.3, -0.25) is 0 Å². The summed E-state index contributed by atoms with van der Waals surface area (Å²) >= 11 is 0. The number of hydrogen-bond acceptors (Lipinski definition) is 1. The predicted molar refractivity (Wildman–Crippen MR) is 68.0 cm³/mol. The van der Waals surface area contributed by atoms with Gasteiger partial charge in [-0.1, -0.05) is 51.5 Å². The second-order valence-corrected chi connectivity index (χ2v) is 5.05. The molecule has 0 saturated carbocycles. The summed E-state index contributed by atoms with van der Waals surface area (Å²) in [4.78, 5) is 0. The van der Waals surface area contributed by atoms with Crippen molar-refractivity contribution in [3.8, 4) is 0 Å². The molecule has 1 N–H and O–H groups in total. The van der Waals surface area contributed by atoms with Crippen LogP contribution in [0.1, 0.15) is 65.7 Å². The summed E-state index contributed by atoms with van der Waals surface area (Å²) in [5.41, 5.74) is -0.606. The van der Waals surface area contributed by atoms with Crippen molar-refractivity contribution >= 4 is 0 Å². The fourth-order valence-corrected chi connectivity index (χ4v) is 1.90. The number of aliphatic hydroxyl groups is 1. The molecule has 0 radical (unpaired) electrons. The molecule has 0 bridgehead atoms. The summed E-state index contributed by atoms with van der Waals surface area (Å²) < 4.78 is 0. The van der Waals surface area contributed by atoms with Gasteiger partial charge in [0.15, 0.2) is 0 Å². The molecule has 0 amide bonds. The van der Waals surface area contributed by atoms with Gasteiger partial charge in [0, 0.05) is 5.92 Å². The maximum absolute atomic E-state index is 9.85. The minimum Gasteiger partial charge on any atom is -0.390 e. The highest BCUT2D eigenvalue weighted by atomic mass is 16.3. The first-order valence-corrected chi connectivity index (χ1v) is 6.37. The number of unbranched alkanes of at least 4 members (excludes halogenated alkanes) is 5. The van der Waals surface area contributed by atoms with Gasteiger partial charge in [-0.25, -0.2) is 0 Å². The summed E-state index contributed by atoms with van der Waals surface area (Å²) in [7, 11) is 0. The van der Waals surface area contributed by atoms with E-state index in [0.29, 0.717) is 0 Å². The van der Waals surface area contributed by atoms with Crippen molar-refractivity contribution in [3.05, 3.63) is 12.7 Å². The van der Waals surface area contributed by atoms with Gasteiger partial charge in [-0.05, 0) is 20.3 Å². The van der Waals surface area contributed by atoms with E-state index in [1.807, 2.05) is 19.9 Å². The Bertz CT molecular complexity index is 155. The Hall–Kier alpha value is -0.300. The minimum absolute atomic E-state index is 0.240. The van der Waals surface area contributed by atoms with Crippen LogP contribution in [-0.4, -0.2) is 10.7 Å². The first-order valence-electron chi connectivity index (χ1n) is 6.37. The van der Waals surface area contributed by atoms with E-state index in [4.69, 9.17) is 0 Å². The molecule has 0 aliphatic rings. The van der Waals surface area contributed by atoms with Crippen molar-refractivity contribution in [2.75, 3.05) is 0 Å². The maximum Gasteiger partial charge on any atom is 0.0653 e. The Labute approximate surface area is 95.6 Å². The standard InChI is InChI=1S/C14H28O/c1-5-7-8-9-10-11-12-13(6-2)14(3,4)15/h6,13,15H,2,5,7-12H2,1,3-4H3. The van der Waals surface area contributed by atoms with Crippen molar-refractivity contribution in [3.63, 3.8) is 0 Å². The summed E-state index contributed by atoms with van der Waals surface area (Å²) in [6.07, 6.45) is 10.8. The smallest absolute Gasteiger partial charge is 0.0653 e. The van der Waals surface area contributed by atoms with E-state index >= 15 is 0 Å². The minimum atomic E-state index is -0.606. The Morgan fingerprint density at radius 2 is 1.67 bits per heavy atom. The zero-order valence-corrected chi connectivity index (χ0v) is 10.8. The summed E-state index contributed by atoms with van der Waals surface area (Å²) in [6.45, 7) is 9.78. The van der Waals surface area contributed by atoms with Crippen molar-refractivity contribution in [2.45, 2.75) is 71.3 Å². The first-order chi connectivity index (χ1) is 7.02. The molecule has 0 fully saturated rings. The van der Waals surface area contributed by atoms with E-state index in [9.17, 15) is 5.11 Å². The second-order valence-electron chi connectivity index (χ2n) is 5.05. The number of hydrogen-bond donors (Lipinski definition) is 1. The molecule has 1 nitrogen and oxygen atoms in total. The lowest BCUT2D eigenvalue weighted by atomic mass is 9.86. The molecular formula is C14H28O. The lowest BCUT2D eigenvalue weighted by Gasteiger charge is -2.26. The van der Waals surface area contributed by atoms with Crippen LogP contribution in [0.15, 0.2) is 12.7 Å². The average Bonchev–Trinajstić information content (AvgIpc) is 2.15. The SMILES string of the molecule is C=CC(CCCCCCCC)C(C)(C)O. The monoisotopic (exact) mass is 212 g/mol. The van der Waals surface area contributed by atoms with Crippen molar-refractivity contribution in [1.29, 1.82) is 0 Å². The van der Waals surface area contributed by atoms with Crippen LogP contribution < -0.4 is 0 Å². The third-order valence-corrected chi connectivity index (χ3v) is 3.06. The molecule has 0 aromatic carbocycles. The van der Waals surface area contributed by atoms with E-state index < -0.39 is 5.60 Å². The van der Waals surface area contributed by atoms with E-state index in [-0.39, 0.29) is 5.92 Å². The Morgan fingerprint density at radius 1 is 1.13 bits per heavy atom. The largest absolute Gasteiger partial charge is 0.390 e. The van der Waals surface area contributed by atoms with Crippen LogP contribution in [-0.2, 0) is 0 Å². The highest BCUT2D eigenvalue weighted by Gasteiger charge is 2.22. The maximum atomic E-state index is 9.85. The van der Waals surface area contributed by atoms with Crippen LogP contribution in [0.4, 0.5) is 0 Å². The molecule has 0 rings (SSSR count). The fraction of sp³-hybridized carbons (Fsp3) is 0.857. The molecule has 1 unspecified atom stereocenters. The van der Waals surface area contributed by atoms with E-state index in [2.05, 4.69) is 13.5 Å². The second kappa shape index (κ2) is 7.92. The molecule has 0 aliphatic heterocycles. The van der Waals surface area contributed by atoms with Gasteiger partial charge < -0.3 is 5.11 Å². The van der Waals surface area contributed by atoms with Gasteiger partial charge in [-0.2, -0.15) is 0 Å². The molecule has 0 heterocycles. The Balaban J connectivity index is 3.52. The molecule has 0 aliphatic carbocycles. The van der Waals surface area contributed by atoms with Crippen molar-refractivity contribution < 1.29 is 5.11 Å². The lowest BCUT2D eigenvalue weighted by molar-refractivity contribution is 0.0328. The van der Waals surface area contributed by atoms with Crippen LogP contribution in [0, 0.1) is 5.92 Å². The summed E-state index contributed by atoms with van der Waals surface area (Å²) in [5, 5.41) is 9.85. The Kier molecular flexibility index (Phi) is 7.76. The summed E-state index contributed by atoms with van der Waals surface area (Å²) in [6, 6.07) is 0. The van der Waals surface area contributed by atoms with Gasteiger partial charge >= 0.3 is 0 Å². The molecule has 1 atom stereocenters. The molecule has 15 heavy (non-hydrogen) atoms. The fourth-order valence-electron chi connectivity index (χ4n) is 1.90. The van der Waals surface area contributed by atoms with E-state index in [1.165, 1.54) is 38.5 Å². The van der Waals surface area contributed by atoms with Gasteiger partial charge in [0.05, 0.1) is 5.60 Å². The van der Waals surface area contributed by atoms with Crippen molar-refractivity contribution in [1.82, 2.24) is 0 Å². The topological polar surface area (TPSA) is 20.2 Å². The van der Waals surface area contributed by atoms with Crippen LogP contribution in [0.2, 0.25) is 0 Å². The summed E-state index contributed by atoms with van der Waals surface area (Å²) in [5.74, 6) is 0.240. The first kappa shape index (κ1) is 14.7. The highest BCUT2D eigenvalue weighted by Crippen LogP contribution is 2.23. The molecule has 1 heteroatoms. The zero-order chi connectivity index (χ0) is 11.7. The van der Waals surface area contributed by atoms with Crippen molar-refractivity contribution in [2.24, 2.45) is 5.92 Å². The molecule has 0 spiro atoms. The van der Waals surface area contributed by atoms with Crippen LogP contribution in [0.5, 0.6) is 0 Å². The van der Waals surface area contributed by atoms with Gasteiger partial charge in [-0.15, -0.1) is 6.58 Å². The van der Waals surface area contributed by atoms with Crippen LogP contribution >= 0.6 is 0 Å². The van der Waals surface area contributed by atoms with Crippen LogP contribution in [0.3, 0.4) is 0 Å². The van der Waals surface area contributed by atoms with Gasteiger partial charge in [0.25, 0.3) is 0 Å². The quantitative estimate of drug-likeness (QED) is 0.446. The Morgan fingerprint density at radius 3 is 2.13 bits per heavy atom. The zero-order valence-electron chi connectivity index (χ0n) is 10.8. The van der Waals surface area contributed by atoms with Crippen LogP contribution in [0.25, 0.3) is 0 Å². The van der Waals surface area contributed by atoms with Gasteiger partial charge in [0.2, 0.25) is 0 Å². The molecule has 90 valence electrons. The molecule has 0 aromatic rings. The third-order valence-electron chi connectivity index (χ3n) is 3.06. The molecule has 0 saturated heterocycles. The average molecular weight is 212 g/mol. The van der Waals surface area contributed by atoms with E-state index in [0.717, 1.165) is 6.42 Å². The molecular weight excluding hydrogens is 184 g/mol. The predicted octanol–water partition coefficient (Wildman–Crippen LogP) is 4.31.